The van der Waals surface area contributed by atoms with Gasteiger partial charge in [-0.1, -0.05) is 6.07 Å². The maximum Gasteiger partial charge on any atom is 0.251 e. The van der Waals surface area contributed by atoms with Crippen LogP contribution in [0.4, 0.5) is 5.82 Å². The third-order valence-corrected chi connectivity index (χ3v) is 4.72. The maximum atomic E-state index is 12.5. The third kappa shape index (κ3) is 6.24. The number of hydrogen-bond donors (Lipinski definition) is 2. The van der Waals surface area contributed by atoms with Gasteiger partial charge in [0.25, 0.3) is 5.91 Å². The molecular weight excluding hydrogens is 400 g/mol. The maximum absolute atomic E-state index is 12.5. The van der Waals surface area contributed by atoms with Crippen LogP contribution in [0, 0.1) is 0 Å². The molecule has 2 aromatic rings. The van der Waals surface area contributed by atoms with Gasteiger partial charge in [-0.3, -0.25) is 9.59 Å². The summed E-state index contributed by atoms with van der Waals surface area (Å²) in [7, 11) is 4.42. The van der Waals surface area contributed by atoms with E-state index in [4.69, 9.17) is 14.2 Å². The lowest BCUT2D eigenvalue weighted by molar-refractivity contribution is -0.120. The van der Waals surface area contributed by atoms with Gasteiger partial charge in [-0.15, -0.1) is 0 Å². The summed E-state index contributed by atoms with van der Waals surface area (Å²) in [5.74, 6) is 1.26. The van der Waals surface area contributed by atoms with Crippen LogP contribution >= 0.6 is 0 Å². The van der Waals surface area contributed by atoms with E-state index in [9.17, 15) is 9.59 Å². The van der Waals surface area contributed by atoms with Crippen molar-refractivity contribution in [3.8, 4) is 17.2 Å². The zero-order chi connectivity index (χ0) is 22.8. The monoisotopic (exact) mass is 430 g/mol. The largest absolute Gasteiger partial charge is 0.493 e. The minimum Gasteiger partial charge on any atom is -0.493 e. The van der Waals surface area contributed by atoms with Crippen LogP contribution in [0.5, 0.6) is 17.2 Å². The van der Waals surface area contributed by atoms with Crippen molar-refractivity contribution in [2.45, 2.75) is 20.4 Å². The van der Waals surface area contributed by atoms with Crippen LogP contribution in [-0.4, -0.2) is 57.8 Å². The second kappa shape index (κ2) is 11.6. The van der Waals surface area contributed by atoms with E-state index >= 15 is 0 Å². The number of anilines is 1. The number of methoxy groups -OCH3 is 3. The van der Waals surface area contributed by atoms with Gasteiger partial charge in [-0.25, -0.2) is 4.98 Å². The summed E-state index contributed by atoms with van der Waals surface area (Å²) in [6, 6.07) is 6.91. The van der Waals surface area contributed by atoms with E-state index in [1.165, 1.54) is 33.5 Å². The second-order valence-corrected chi connectivity index (χ2v) is 6.57. The number of nitrogens with zero attached hydrogens (tertiary/aromatic N) is 2. The summed E-state index contributed by atoms with van der Waals surface area (Å²) in [5, 5.41) is 5.36. The summed E-state index contributed by atoms with van der Waals surface area (Å²) < 4.78 is 15.7. The predicted molar refractivity (Wildman–Crippen MR) is 118 cm³/mol. The highest BCUT2D eigenvalue weighted by Gasteiger charge is 2.17. The first kappa shape index (κ1) is 23.8. The van der Waals surface area contributed by atoms with Crippen LogP contribution < -0.4 is 29.7 Å². The van der Waals surface area contributed by atoms with Gasteiger partial charge < -0.3 is 29.7 Å². The van der Waals surface area contributed by atoms with Crippen LogP contribution in [0.3, 0.4) is 0 Å². The number of hydrogen-bond acceptors (Lipinski definition) is 7. The van der Waals surface area contributed by atoms with E-state index in [-0.39, 0.29) is 12.5 Å². The SMILES string of the molecule is CCN(CC)c1ccc(CNC(=O)CNC(=O)c2cc(OC)c(OC)c(OC)c2)cn1. The van der Waals surface area contributed by atoms with Crippen LogP contribution in [0.15, 0.2) is 30.5 Å². The highest BCUT2D eigenvalue weighted by molar-refractivity contribution is 5.97. The molecule has 2 N–H and O–H groups in total. The smallest absolute Gasteiger partial charge is 0.251 e. The Morgan fingerprint density at radius 2 is 1.61 bits per heavy atom. The molecule has 0 aliphatic heterocycles. The van der Waals surface area contributed by atoms with E-state index in [0.29, 0.717) is 29.4 Å². The van der Waals surface area contributed by atoms with E-state index < -0.39 is 5.91 Å². The first-order valence-electron chi connectivity index (χ1n) is 10.0. The number of aromatic nitrogens is 1. The lowest BCUT2D eigenvalue weighted by Gasteiger charge is -2.19. The fraction of sp³-hybridized carbons (Fsp3) is 0.409. The van der Waals surface area contributed by atoms with Crippen molar-refractivity contribution in [3.05, 3.63) is 41.6 Å². The predicted octanol–water partition coefficient (Wildman–Crippen LogP) is 2.00. The topological polar surface area (TPSA) is 102 Å². The Labute approximate surface area is 182 Å². The van der Waals surface area contributed by atoms with E-state index in [1.54, 1.807) is 6.20 Å². The molecule has 0 bridgehead atoms. The van der Waals surface area contributed by atoms with Crippen LogP contribution in [0.1, 0.15) is 29.8 Å². The van der Waals surface area contributed by atoms with Crippen molar-refractivity contribution in [1.29, 1.82) is 0 Å². The summed E-state index contributed by atoms with van der Waals surface area (Å²) in [4.78, 5) is 31.2. The molecule has 0 radical (unpaired) electrons. The molecule has 1 heterocycles. The molecule has 0 saturated heterocycles. The minimum atomic E-state index is -0.431. The molecule has 0 saturated carbocycles. The third-order valence-electron chi connectivity index (χ3n) is 4.72. The average Bonchev–Trinajstić information content (AvgIpc) is 2.81. The lowest BCUT2D eigenvalue weighted by atomic mass is 10.1. The first-order chi connectivity index (χ1) is 15.0. The molecule has 168 valence electrons. The molecule has 0 aliphatic rings. The molecule has 9 nitrogen and oxygen atoms in total. The molecule has 0 atom stereocenters. The van der Waals surface area contributed by atoms with Gasteiger partial charge in [0.1, 0.15) is 5.82 Å². The fourth-order valence-electron chi connectivity index (χ4n) is 2.99. The van der Waals surface area contributed by atoms with Gasteiger partial charge >= 0.3 is 0 Å². The summed E-state index contributed by atoms with van der Waals surface area (Å²) in [6.45, 7) is 6.07. The van der Waals surface area contributed by atoms with Crippen molar-refractivity contribution >= 4 is 17.6 Å². The molecule has 2 rings (SSSR count). The van der Waals surface area contributed by atoms with Crippen LogP contribution in [-0.2, 0) is 11.3 Å². The van der Waals surface area contributed by atoms with Crippen molar-refractivity contribution in [2.75, 3.05) is 45.9 Å². The van der Waals surface area contributed by atoms with Gasteiger partial charge in [0.15, 0.2) is 11.5 Å². The van der Waals surface area contributed by atoms with Gasteiger partial charge in [0, 0.05) is 31.4 Å². The Morgan fingerprint density at radius 3 is 2.10 bits per heavy atom. The van der Waals surface area contributed by atoms with E-state index in [2.05, 4.69) is 34.4 Å². The standard InChI is InChI=1S/C22H30N4O5/c1-6-26(7-2)19-9-8-15(12-23-19)13-24-20(27)14-25-22(28)16-10-17(29-3)21(31-5)18(11-16)30-4/h8-12H,6-7,13-14H2,1-5H3,(H,24,27)(H,25,28). The number of carbonyl (C=O) groups excluding carboxylic acids is 2. The normalized spacial score (nSPS) is 10.2. The Bertz CT molecular complexity index is 857. The molecule has 2 amide bonds. The number of benzene rings is 1. The first-order valence-corrected chi connectivity index (χ1v) is 10.0. The number of carbonyl (C=O) groups is 2. The van der Waals surface area contributed by atoms with Crippen molar-refractivity contribution < 1.29 is 23.8 Å². The van der Waals surface area contributed by atoms with Gasteiger partial charge in [0.05, 0.1) is 27.9 Å². The second-order valence-electron chi connectivity index (χ2n) is 6.57. The molecule has 9 heteroatoms. The Hall–Kier alpha value is -3.49. The zero-order valence-electron chi connectivity index (χ0n) is 18.7. The quantitative estimate of drug-likeness (QED) is 0.562. The highest BCUT2D eigenvalue weighted by Crippen LogP contribution is 2.38. The summed E-state index contributed by atoms with van der Waals surface area (Å²) in [5.41, 5.74) is 1.17. The van der Waals surface area contributed by atoms with Gasteiger partial charge in [-0.2, -0.15) is 0 Å². The lowest BCUT2D eigenvalue weighted by Crippen LogP contribution is -2.36. The number of amides is 2. The fourth-order valence-corrected chi connectivity index (χ4v) is 2.99. The number of pyridine rings is 1. The molecule has 1 aromatic carbocycles. The van der Waals surface area contributed by atoms with Crippen molar-refractivity contribution in [1.82, 2.24) is 15.6 Å². The Morgan fingerprint density at radius 1 is 0.968 bits per heavy atom. The van der Waals surface area contributed by atoms with Crippen molar-refractivity contribution in [2.24, 2.45) is 0 Å². The molecule has 0 fully saturated rings. The van der Waals surface area contributed by atoms with E-state index in [1.807, 2.05) is 12.1 Å². The van der Waals surface area contributed by atoms with Gasteiger partial charge in [0.2, 0.25) is 11.7 Å². The van der Waals surface area contributed by atoms with E-state index in [0.717, 1.165) is 24.5 Å². The summed E-state index contributed by atoms with van der Waals surface area (Å²) in [6.07, 6.45) is 1.74. The minimum absolute atomic E-state index is 0.166. The average molecular weight is 431 g/mol. The molecular formula is C22H30N4O5. The number of nitrogens with one attached hydrogen (secondary N) is 2. The molecule has 0 spiro atoms. The Kier molecular flexibility index (Phi) is 8.93. The number of rotatable bonds is 11. The molecule has 1 aromatic heterocycles. The van der Waals surface area contributed by atoms with Crippen LogP contribution in [0.25, 0.3) is 0 Å². The van der Waals surface area contributed by atoms with Gasteiger partial charge in [-0.05, 0) is 37.6 Å². The molecule has 31 heavy (non-hydrogen) atoms. The summed E-state index contributed by atoms with van der Waals surface area (Å²) >= 11 is 0. The Balaban J connectivity index is 1.90. The molecule has 0 unspecified atom stereocenters. The van der Waals surface area contributed by atoms with Crippen LogP contribution in [0.2, 0.25) is 0 Å². The van der Waals surface area contributed by atoms with Crippen molar-refractivity contribution in [3.63, 3.8) is 0 Å². The highest BCUT2D eigenvalue weighted by atomic mass is 16.5. The zero-order valence-corrected chi connectivity index (χ0v) is 18.7. The molecule has 0 aliphatic carbocycles. The number of ether oxygens (including phenoxy) is 3.